The van der Waals surface area contributed by atoms with Gasteiger partial charge in [0.05, 0.1) is 37.9 Å². The van der Waals surface area contributed by atoms with E-state index in [9.17, 15) is 8.42 Å². The maximum atomic E-state index is 13.4. The van der Waals surface area contributed by atoms with Crippen LogP contribution >= 0.6 is 0 Å². The molecular formula is C24H31NO6S. The van der Waals surface area contributed by atoms with Crippen molar-refractivity contribution in [2.45, 2.75) is 37.3 Å². The zero-order valence-corrected chi connectivity index (χ0v) is 19.5. The third-order valence-corrected chi connectivity index (χ3v) is 7.70. The smallest absolute Gasteiger partial charge is 0.243 e. The Hall–Kier alpha value is -2.13. The van der Waals surface area contributed by atoms with Gasteiger partial charge in [-0.1, -0.05) is 31.2 Å². The fourth-order valence-corrected chi connectivity index (χ4v) is 5.41. The highest BCUT2D eigenvalue weighted by molar-refractivity contribution is 7.89. The summed E-state index contributed by atoms with van der Waals surface area (Å²) in [7, 11) is -2.08. The van der Waals surface area contributed by atoms with Crippen LogP contribution in [-0.2, 0) is 26.0 Å². The summed E-state index contributed by atoms with van der Waals surface area (Å²) in [4.78, 5) is 0.279. The lowest BCUT2D eigenvalue weighted by atomic mass is 9.90. The molecular weight excluding hydrogens is 430 g/mol. The molecule has 0 spiro atoms. The molecule has 1 unspecified atom stereocenters. The molecule has 0 aromatic heterocycles. The number of benzene rings is 2. The minimum absolute atomic E-state index is 0.0104. The Morgan fingerprint density at radius 3 is 2.53 bits per heavy atom. The van der Waals surface area contributed by atoms with Crippen molar-refractivity contribution >= 4 is 10.0 Å². The molecule has 2 aliphatic rings. The minimum atomic E-state index is -3.68. The van der Waals surface area contributed by atoms with Crippen LogP contribution in [0.4, 0.5) is 0 Å². The Bertz CT molecular complexity index is 1000. The first kappa shape index (κ1) is 23.0. The van der Waals surface area contributed by atoms with Gasteiger partial charge in [0.1, 0.15) is 0 Å². The molecule has 2 aromatic rings. The van der Waals surface area contributed by atoms with Crippen molar-refractivity contribution in [3.8, 4) is 11.5 Å². The molecule has 2 aliphatic heterocycles. The number of hydrogen-bond donors (Lipinski definition) is 0. The lowest BCUT2D eigenvalue weighted by Gasteiger charge is -2.37. The zero-order valence-electron chi connectivity index (χ0n) is 18.7. The summed E-state index contributed by atoms with van der Waals surface area (Å²) < 4.78 is 50.9. The zero-order chi connectivity index (χ0) is 22.6. The third-order valence-electron chi connectivity index (χ3n) is 5.88. The Morgan fingerprint density at radius 1 is 1.12 bits per heavy atom. The maximum Gasteiger partial charge on any atom is 0.243 e. The van der Waals surface area contributed by atoms with Crippen molar-refractivity contribution < 1.29 is 27.4 Å². The fourth-order valence-electron chi connectivity index (χ4n) is 3.93. The molecule has 8 heteroatoms. The van der Waals surface area contributed by atoms with Crippen LogP contribution in [0.5, 0.6) is 11.5 Å². The standard InChI is InChI=1S/C24H31NO6S/c1-24(16-29-17-24)18-31-23-13-19(10-11-22(23)28-2)14-25(15-20-7-6-12-30-20)32(26,27)21-8-4-3-5-9-21/h3-5,8-11,13,20H,6-7,12,14-18H2,1-2H3. The van der Waals surface area contributed by atoms with Crippen molar-refractivity contribution in [2.24, 2.45) is 5.41 Å². The van der Waals surface area contributed by atoms with Gasteiger partial charge >= 0.3 is 0 Å². The first-order chi connectivity index (χ1) is 15.4. The van der Waals surface area contributed by atoms with Crippen LogP contribution in [0.25, 0.3) is 0 Å². The van der Waals surface area contributed by atoms with E-state index in [0.29, 0.717) is 44.5 Å². The molecule has 2 fully saturated rings. The molecule has 0 N–H and O–H groups in total. The summed E-state index contributed by atoms with van der Waals surface area (Å²) >= 11 is 0. The summed E-state index contributed by atoms with van der Waals surface area (Å²) in [5.74, 6) is 1.22. The van der Waals surface area contributed by atoms with Gasteiger partial charge in [-0.3, -0.25) is 0 Å². The second-order valence-electron chi connectivity index (χ2n) is 8.82. The second-order valence-corrected chi connectivity index (χ2v) is 10.8. The Kier molecular flexibility index (Phi) is 7.05. The quantitative estimate of drug-likeness (QED) is 0.539. The molecule has 2 saturated heterocycles. The van der Waals surface area contributed by atoms with Crippen molar-refractivity contribution in [3.63, 3.8) is 0 Å². The van der Waals surface area contributed by atoms with Crippen LogP contribution in [-0.4, -0.2) is 58.9 Å². The average molecular weight is 462 g/mol. The van der Waals surface area contributed by atoms with E-state index >= 15 is 0 Å². The molecule has 32 heavy (non-hydrogen) atoms. The van der Waals surface area contributed by atoms with Gasteiger partial charge < -0.3 is 18.9 Å². The normalized spacial score (nSPS) is 20.2. The van der Waals surface area contributed by atoms with Gasteiger partial charge in [0.25, 0.3) is 0 Å². The monoisotopic (exact) mass is 461 g/mol. The maximum absolute atomic E-state index is 13.4. The number of methoxy groups -OCH3 is 1. The van der Waals surface area contributed by atoms with Crippen LogP contribution in [0.3, 0.4) is 0 Å². The molecule has 2 heterocycles. The van der Waals surface area contributed by atoms with Gasteiger partial charge in [0.15, 0.2) is 11.5 Å². The van der Waals surface area contributed by atoms with Gasteiger partial charge in [-0.2, -0.15) is 4.31 Å². The Morgan fingerprint density at radius 2 is 1.91 bits per heavy atom. The largest absolute Gasteiger partial charge is 0.493 e. The summed E-state index contributed by atoms with van der Waals surface area (Å²) in [6, 6.07) is 14.1. The average Bonchev–Trinajstić information content (AvgIpc) is 3.30. The number of rotatable bonds is 10. The summed E-state index contributed by atoms with van der Waals surface area (Å²) in [5.41, 5.74) is 0.817. The highest BCUT2D eigenvalue weighted by atomic mass is 32.2. The van der Waals surface area contributed by atoms with Gasteiger partial charge in [-0.05, 0) is 42.7 Å². The fraction of sp³-hybridized carbons (Fsp3) is 0.500. The van der Waals surface area contributed by atoms with E-state index in [0.717, 1.165) is 18.4 Å². The van der Waals surface area contributed by atoms with E-state index < -0.39 is 10.0 Å². The Labute approximate surface area is 190 Å². The van der Waals surface area contributed by atoms with Gasteiger partial charge in [0.2, 0.25) is 10.0 Å². The Balaban J connectivity index is 1.57. The molecule has 0 radical (unpaired) electrons. The lowest BCUT2D eigenvalue weighted by molar-refractivity contribution is -0.120. The van der Waals surface area contributed by atoms with Gasteiger partial charge in [-0.25, -0.2) is 8.42 Å². The SMILES string of the molecule is COc1ccc(CN(CC2CCCO2)S(=O)(=O)c2ccccc2)cc1OCC1(C)COC1. The molecule has 0 aliphatic carbocycles. The van der Waals surface area contributed by atoms with E-state index in [1.807, 2.05) is 24.3 Å². The van der Waals surface area contributed by atoms with Gasteiger partial charge in [-0.15, -0.1) is 0 Å². The number of hydrogen-bond acceptors (Lipinski definition) is 6. The molecule has 2 aromatic carbocycles. The number of sulfonamides is 1. The molecule has 7 nitrogen and oxygen atoms in total. The van der Waals surface area contributed by atoms with E-state index in [1.54, 1.807) is 31.4 Å². The van der Waals surface area contributed by atoms with Gasteiger partial charge in [0, 0.05) is 25.1 Å². The predicted octanol–water partition coefficient (Wildman–Crippen LogP) is 3.48. The van der Waals surface area contributed by atoms with E-state index in [2.05, 4.69) is 6.92 Å². The van der Waals surface area contributed by atoms with E-state index in [4.69, 9.17) is 18.9 Å². The van der Waals surface area contributed by atoms with Crippen molar-refractivity contribution in [3.05, 3.63) is 54.1 Å². The molecule has 1 atom stereocenters. The predicted molar refractivity (Wildman–Crippen MR) is 120 cm³/mol. The number of ether oxygens (including phenoxy) is 4. The topological polar surface area (TPSA) is 74.3 Å². The first-order valence-corrected chi connectivity index (χ1v) is 12.4. The van der Waals surface area contributed by atoms with Crippen LogP contribution in [0.1, 0.15) is 25.3 Å². The molecule has 174 valence electrons. The lowest BCUT2D eigenvalue weighted by Crippen LogP contribution is -2.44. The first-order valence-electron chi connectivity index (χ1n) is 10.9. The third kappa shape index (κ3) is 5.26. The van der Waals surface area contributed by atoms with Crippen molar-refractivity contribution in [1.29, 1.82) is 0 Å². The van der Waals surface area contributed by atoms with E-state index in [1.165, 1.54) is 4.31 Å². The van der Waals surface area contributed by atoms with Crippen LogP contribution in [0.2, 0.25) is 0 Å². The summed E-state index contributed by atoms with van der Waals surface area (Å²) in [5, 5.41) is 0. The molecule has 0 saturated carbocycles. The van der Waals surface area contributed by atoms with Crippen LogP contribution < -0.4 is 9.47 Å². The highest BCUT2D eigenvalue weighted by Gasteiger charge is 2.35. The molecule has 0 amide bonds. The van der Waals surface area contributed by atoms with E-state index in [-0.39, 0.29) is 23.0 Å². The second kappa shape index (κ2) is 9.79. The van der Waals surface area contributed by atoms with Crippen LogP contribution in [0.15, 0.2) is 53.4 Å². The number of nitrogens with zero attached hydrogens (tertiary/aromatic N) is 1. The van der Waals surface area contributed by atoms with Crippen molar-refractivity contribution in [2.75, 3.05) is 40.1 Å². The highest BCUT2D eigenvalue weighted by Crippen LogP contribution is 2.33. The summed E-state index contributed by atoms with van der Waals surface area (Å²) in [6.45, 7) is 5.16. The molecule has 4 rings (SSSR count). The van der Waals surface area contributed by atoms with Crippen LogP contribution in [0, 0.1) is 5.41 Å². The molecule has 0 bridgehead atoms. The minimum Gasteiger partial charge on any atom is -0.493 e. The van der Waals surface area contributed by atoms with Crippen molar-refractivity contribution in [1.82, 2.24) is 4.31 Å². The summed E-state index contributed by atoms with van der Waals surface area (Å²) in [6.07, 6.45) is 1.71.